The van der Waals surface area contributed by atoms with E-state index in [-0.39, 0.29) is 5.91 Å². The molecular weight excluding hydrogens is 396 g/mol. The minimum absolute atomic E-state index is 0.0497. The van der Waals surface area contributed by atoms with Gasteiger partial charge in [0.15, 0.2) is 5.13 Å². The Labute approximate surface area is 169 Å². The number of carbonyl (C=O) groups is 1. The van der Waals surface area contributed by atoms with Crippen molar-refractivity contribution in [2.75, 3.05) is 11.1 Å². The Kier molecular flexibility index (Phi) is 4.31. The average molecular weight is 411 g/mol. The summed E-state index contributed by atoms with van der Waals surface area (Å²) in [7, 11) is 0. The molecule has 27 heavy (non-hydrogen) atoms. The Balaban J connectivity index is 1.38. The maximum Gasteiger partial charge on any atom is 0.236 e. The Morgan fingerprint density at radius 3 is 2.81 bits per heavy atom. The van der Waals surface area contributed by atoms with Crippen LogP contribution in [0.5, 0.6) is 0 Å². The highest BCUT2D eigenvalue weighted by Crippen LogP contribution is 2.39. The van der Waals surface area contributed by atoms with Crippen LogP contribution >= 0.6 is 34.7 Å². The number of nitrogens with one attached hydrogen (secondary N) is 1. The van der Waals surface area contributed by atoms with Crippen LogP contribution in [0.25, 0.3) is 21.0 Å². The van der Waals surface area contributed by atoms with Gasteiger partial charge in [-0.15, -0.1) is 11.8 Å². The van der Waals surface area contributed by atoms with Crippen molar-refractivity contribution in [2.45, 2.75) is 17.7 Å². The molecule has 134 valence electrons. The average Bonchev–Trinajstić information content (AvgIpc) is 3.27. The van der Waals surface area contributed by atoms with E-state index in [1.165, 1.54) is 33.7 Å². The summed E-state index contributed by atoms with van der Waals surface area (Å²) in [6.45, 7) is 0. The number of carbonyl (C=O) groups excluding carboxylic acids is 1. The molecule has 0 saturated heterocycles. The summed E-state index contributed by atoms with van der Waals surface area (Å²) in [5.41, 5.74) is 3.79. The van der Waals surface area contributed by atoms with Gasteiger partial charge in [-0.3, -0.25) is 4.79 Å². The van der Waals surface area contributed by atoms with Crippen molar-refractivity contribution in [1.82, 2.24) is 4.98 Å². The van der Waals surface area contributed by atoms with Crippen LogP contribution in [0.1, 0.15) is 11.1 Å². The highest BCUT2D eigenvalue weighted by atomic mass is 35.5. The number of anilines is 1. The fraction of sp³-hybridized carbons (Fsp3) is 0.143. The monoisotopic (exact) mass is 410 g/mol. The van der Waals surface area contributed by atoms with E-state index in [9.17, 15) is 4.79 Å². The molecule has 0 bridgehead atoms. The number of fused-ring (bicyclic) bond motifs is 2. The fourth-order valence-corrected chi connectivity index (χ4v) is 5.38. The largest absolute Gasteiger partial charge is 0.301 e. The maximum absolute atomic E-state index is 12.3. The summed E-state index contributed by atoms with van der Waals surface area (Å²) < 4.78 is 1.14. The first-order valence-electron chi connectivity index (χ1n) is 8.69. The Morgan fingerprint density at radius 1 is 1.15 bits per heavy atom. The zero-order valence-corrected chi connectivity index (χ0v) is 16.7. The second-order valence-corrected chi connectivity index (χ2v) is 9.05. The lowest BCUT2D eigenvalue weighted by atomic mass is 10.0. The van der Waals surface area contributed by atoms with Crippen LogP contribution in [0.15, 0.2) is 53.4 Å². The van der Waals surface area contributed by atoms with Crippen LogP contribution < -0.4 is 5.32 Å². The van der Waals surface area contributed by atoms with E-state index >= 15 is 0 Å². The Hall–Kier alpha value is -2.08. The van der Waals surface area contributed by atoms with Crippen molar-refractivity contribution in [3.63, 3.8) is 0 Å². The van der Waals surface area contributed by atoms with E-state index in [0.717, 1.165) is 28.0 Å². The molecule has 1 aromatic heterocycles. The van der Waals surface area contributed by atoms with Gasteiger partial charge in [0.1, 0.15) is 0 Å². The van der Waals surface area contributed by atoms with Crippen LogP contribution in [0.3, 0.4) is 0 Å². The number of thioether (sulfide) groups is 1. The molecule has 0 fully saturated rings. The molecule has 3 nitrogen and oxygen atoms in total. The molecule has 1 N–H and O–H groups in total. The number of aromatic nitrogens is 1. The summed E-state index contributed by atoms with van der Waals surface area (Å²) in [6.07, 6.45) is 2.19. The number of hydrogen-bond donors (Lipinski definition) is 1. The molecule has 1 aliphatic carbocycles. The van der Waals surface area contributed by atoms with Crippen LogP contribution in [0.2, 0.25) is 5.02 Å². The van der Waals surface area contributed by atoms with E-state index in [1.54, 1.807) is 11.3 Å². The molecule has 6 heteroatoms. The van der Waals surface area contributed by atoms with E-state index in [4.69, 9.17) is 16.6 Å². The van der Waals surface area contributed by atoms with E-state index in [0.29, 0.717) is 15.9 Å². The van der Waals surface area contributed by atoms with Crippen molar-refractivity contribution in [1.29, 1.82) is 0 Å². The van der Waals surface area contributed by atoms with E-state index < -0.39 is 0 Å². The van der Waals surface area contributed by atoms with Gasteiger partial charge in [0.25, 0.3) is 0 Å². The summed E-state index contributed by atoms with van der Waals surface area (Å²) in [5.74, 6) is 0.291. The quantitative estimate of drug-likeness (QED) is 0.424. The molecule has 0 aliphatic heterocycles. The number of thiazole rings is 1. The zero-order chi connectivity index (χ0) is 18.4. The van der Waals surface area contributed by atoms with Gasteiger partial charge < -0.3 is 5.32 Å². The molecule has 1 aliphatic rings. The number of amides is 1. The SMILES string of the molecule is O=C(CSc1ccc(Cl)cc1)Nc1nc2c(cc3c4c(cccc42)CC3)s1. The lowest BCUT2D eigenvalue weighted by molar-refractivity contribution is -0.113. The third-order valence-corrected chi connectivity index (χ3v) is 6.96. The molecule has 0 atom stereocenters. The highest BCUT2D eigenvalue weighted by molar-refractivity contribution is 8.00. The molecule has 0 spiro atoms. The van der Waals surface area contributed by atoms with Gasteiger partial charge in [-0.2, -0.15) is 0 Å². The predicted molar refractivity (Wildman–Crippen MR) is 115 cm³/mol. The predicted octanol–water partition coefficient (Wildman–Crippen LogP) is 5.93. The number of nitrogens with zero attached hydrogens (tertiary/aromatic N) is 1. The first-order valence-corrected chi connectivity index (χ1v) is 10.9. The molecule has 5 rings (SSSR count). The van der Waals surface area contributed by atoms with Gasteiger partial charge in [-0.1, -0.05) is 41.1 Å². The standard InChI is InChI=1S/C21H15ClN2OS2/c22-14-6-8-15(9-7-14)26-11-18(25)23-21-24-20-16-3-1-2-12-4-5-13(19(12)16)10-17(20)27-21/h1-3,6-10H,4-5,11H2,(H,23,24,25). The van der Waals surface area contributed by atoms with Crippen molar-refractivity contribution >= 4 is 66.7 Å². The van der Waals surface area contributed by atoms with Gasteiger partial charge in [0, 0.05) is 15.3 Å². The molecule has 4 aromatic rings. The van der Waals surface area contributed by atoms with Gasteiger partial charge in [-0.05, 0) is 59.7 Å². The highest BCUT2D eigenvalue weighted by Gasteiger charge is 2.18. The Bertz CT molecular complexity index is 1180. The molecule has 0 unspecified atom stereocenters. The minimum atomic E-state index is -0.0497. The van der Waals surface area contributed by atoms with Crippen LogP contribution in [-0.4, -0.2) is 16.6 Å². The van der Waals surface area contributed by atoms with Crippen molar-refractivity contribution in [3.8, 4) is 0 Å². The second kappa shape index (κ2) is 6.82. The lowest BCUT2D eigenvalue weighted by Crippen LogP contribution is -2.13. The first kappa shape index (κ1) is 17.0. The molecule has 0 saturated carbocycles. The number of benzene rings is 3. The molecule has 0 radical (unpaired) electrons. The fourth-order valence-electron chi connectivity index (χ4n) is 3.59. The van der Waals surface area contributed by atoms with Gasteiger partial charge in [-0.25, -0.2) is 4.98 Å². The summed E-state index contributed by atoms with van der Waals surface area (Å²) in [6, 6.07) is 16.2. The van der Waals surface area contributed by atoms with E-state index in [2.05, 4.69) is 29.6 Å². The molecule has 3 aromatic carbocycles. The summed E-state index contributed by atoms with van der Waals surface area (Å²) in [5, 5.41) is 6.86. The van der Waals surface area contributed by atoms with E-state index in [1.807, 2.05) is 24.3 Å². The van der Waals surface area contributed by atoms with Gasteiger partial charge in [0.05, 0.1) is 16.0 Å². The van der Waals surface area contributed by atoms with Crippen LogP contribution in [0.4, 0.5) is 5.13 Å². The van der Waals surface area contributed by atoms with Crippen LogP contribution in [-0.2, 0) is 17.6 Å². The topological polar surface area (TPSA) is 42.0 Å². The van der Waals surface area contributed by atoms with Crippen molar-refractivity contribution in [2.24, 2.45) is 0 Å². The maximum atomic E-state index is 12.3. The summed E-state index contributed by atoms with van der Waals surface area (Å²) in [4.78, 5) is 18.1. The van der Waals surface area contributed by atoms with Gasteiger partial charge >= 0.3 is 0 Å². The number of hydrogen-bond acceptors (Lipinski definition) is 4. The third-order valence-electron chi connectivity index (χ3n) is 4.78. The van der Waals surface area contributed by atoms with Crippen molar-refractivity contribution < 1.29 is 4.79 Å². The zero-order valence-electron chi connectivity index (χ0n) is 14.3. The van der Waals surface area contributed by atoms with Gasteiger partial charge in [0.2, 0.25) is 5.91 Å². The number of rotatable bonds is 4. The minimum Gasteiger partial charge on any atom is -0.301 e. The second-order valence-electron chi connectivity index (χ2n) is 6.53. The molecule has 1 amide bonds. The number of halogens is 1. The third kappa shape index (κ3) is 3.20. The summed E-state index contributed by atoms with van der Waals surface area (Å²) >= 11 is 8.92. The van der Waals surface area contributed by atoms with Crippen LogP contribution in [0, 0.1) is 0 Å². The normalized spacial score (nSPS) is 12.8. The Morgan fingerprint density at radius 2 is 1.96 bits per heavy atom. The van der Waals surface area contributed by atoms with Crippen molar-refractivity contribution in [3.05, 3.63) is 64.7 Å². The smallest absolute Gasteiger partial charge is 0.236 e. The first-order chi connectivity index (χ1) is 13.2. The number of aryl methyl sites for hydroxylation is 2. The lowest BCUT2D eigenvalue weighted by Gasteiger charge is -2.02. The molecular formula is C21H15ClN2OS2. The molecule has 1 heterocycles.